The van der Waals surface area contributed by atoms with Crippen LogP contribution in [0.4, 0.5) is 0 Å². The fourth-order valence-corrected chi connectivity index (χ4v) is 7.20. The van der Waals surface area contributed by atoms with Crippen LogP contribution < -0.4 is 5.32 Å². The van der Waals surface area contributed by atoms with E-state index in [1.807, 2.05) is 26.0 Å². The molecule has 11 heteroatoms. The Balaban J connectivity index is 1.99. The van der Waals surface area contributed by atoms with Crippen LogP contribution in [0, 0.1) is 13.8 Å². The number of aliphatic hydroxyl groups is 1. The molecule has 3 aromatic heterocycles. The molecule has 49 heavy (non-hydrogen) atoms. The lowest BCUT2D eigenvalue weighted by Crippen LogP contribution is -2.26. The molecule has 260 valence electrons. The number of H-pyrrole nitrogens is 2. The zero-order valence-electron chi connectivity index (χ0n) is 29.5. The molecule has 2 unspecified atom stereocenters. The fraction of sp³-hybridized carbons (Fsp3) is 0.447. The van der Waals surface area contributed by atoms with Gasteiger partial charge >= 0.3 is 11.9 Å². The van der Waals surface area contributed by atoms with Crippen molar-refractivity contribution in [2.24, 2.45) is 0 Å². The molecule has 0 aromatic carbocycles. The SMILES string of the molecule is CCc1c(C)c2cc3[nH]c(cc4nc(c(CC(=O)OC)c5nc(cc1[nH]2)C(C)=C5C(=O)NCCCO)C(CCC(=O)O)C4C)c(C)c3CC. The Morgan fingerprint density at radius 3 is 2.14 bits per heavy atom. The first kappa shape index (κ1) is 35.5. The van der Waals surface area contributed by atoms with Crippen LogP contribution in [-0.2, 0) is 38.4 Å². The molecule has 5 N–H and O–H groups in total. The summed E-state index contributed by atoms with van der Waals surface area (Å²) in [6, 6.07) is 6.12. The van der Waals surface area contributed by atoms with E-state index in [1.165, 1.54) is 12.7 Å². The number of aromatic nitrogens is 4. The average molecular weight is 670 g/mol. The van der Waals surface area contributed by atoms with Crippen LogP contribution in [0.3, 0.4) is 0 Å². The molecule has 1 amide bonds. The van der Waals surface area contributed by atoms with E-state index in [4.69, 9.17) is 14.7 Å². The smallest absolute Gasteiger partial charge is 0.310 e. The third-order valence-corrected chi connectivity index (χ3v) is 10.0. The monoisotopic (exact) mass is 669 g/mol. The van der Waals surface area contributed by atoms with Gasteiger partial charge in [0.25, 0.3) is 5.91 Å². The number of aliphatic carboxylic acids is 1. The van der Waals surface area contributed by atoms with Crippen LogP contribution in [-0.4, -0.2) is 68.3 Å². The molecule has 0 spiro atoms. The maximum absolute atomic E-state index is 13.9. The van der Waals surface area contributed by atoms with Crippen molar-refractivity contribution in [3.05, 3.63) is 68.8 Å². The fourth-order valence-electron chi connectivity index (χ4n) is 7.20. The van der Waals surface area contributed by atoms with Crippen molar-refractivity contribution in [3.8, 4) is 0 Å². The first-order valence-corrected chi connectivity index (χ1v) is 17.1. The summed E-state index contributed by atoms with van der Waals surface area (Å²) in [4.78, 5) is 56.3. The number of hydrogen-bond donors (Lipinski definition) is 5. The molecule has 0 fully saturated rings. The molecule has 0 saturated heterocycles. The second-order valence-electron chi connectivity index (χ2n) is 12.9. The van der Waals surface area contributed by atoms with Crippen LogP contribution in [0.25, 0.3) is 33.2 Å². The lowest BCUT2D eigenvalue weighted by Gasteiger charge is -2.18. The predicted molar refractivity (Wildman–Crippen MR) is 190 cm³/mol. The van der Waals surface area contributed by atoms with Gasteiger partial charge in [0.2, 0.25) is 0 Å². The number of carboxylic acid groups (broad SMARTS) is 1. The largest absolute Gasteiger partial charge is 0.481 e. The van der Waals surface area contributed by atoms with Gasteiger partial charge in [-0.1, -0.05) is 20.8 Å². The number of nitrogens with one attached hydrogen (secondary N) is 3. The molecule has 5 heterocycles. The summed E-state index contributed by atoms with van der Waals surface area (Å²) in [7, 11) is 1.31. The molecule has 2 atom stereocenters. The van der Waals surface area contributed by atoms with Gasteiger partial charge < -0.3 is 30.2 Å². The highest BCUT2D eigenvalue weighted by atomic mass is 16.5. The minimum absolute atomic E-state index is 0.0775. The minimum atomic E-state index is -0.930. The standard InChI is InChI=1S/C38H47N5O6/c1-8-23-19(3)27-16-29-21(5)25(11-12-33(45)46)36(42-29)26(15-34(47)49-7)37-35(38(48)39-13-10-14-44)22(6)30(43-37)18-32-24(9-2)20(4)28(41-32)17-31(23)40-27/h16-18,21,25,40-41,44H,8-15H2,1-7H3,(H,39,48)(H,45,46). The number of hydrogen-bond acceptors (Lipinski definition) is 7. The number of nitrogens with zero attached hydrogens (tertiary/aromatic N) is 2. The zero-order chi connectivity index (χ0) is 35.6. The highest BCUT2D eigenvalue weighted by Gasteiger charge is 2.35. The number of carbonyl (C=O) groups excluding carboxylic acids is 2. The second-order valence-corrected chi connectivity index (χ2v) is 12.9. The number of rotatable bonds is 11. The molecule has 0 aliphatic carbocycles. The highest BCUT2D eigenvalue weighted by molar-refractivity contribution is 6.27. The predicted octanol–water partition coefficient (Wildman–Crippen LogP) is 5.95. The first-order chi connectivity index (χ1) is 23.4. The number of esters is 1. The summed E-state index contributed by atoms with van der Waals surface area (Å²) in [5.74, 6) is -2.40. The van der Waals surface area contributed by atoms with E-state index < -0.39 is 11.9 Å². The van der Waals surface area contributed by atoms with E-state index in [2.05, 4.69) is 49.0 Å². The number of amides is 1. The molecule has 2 aliphatic heterocycles. The summed E-state index contributed by atoms with van der Waals surface area (Å²) >= 11 is 0. The van der Waals surface area contributed by atoms with Crippen LogP contribution in [0.5, 0.6) is 0 Å². The Kier molecular flexibility index (Phi) is 10.7. The van der Waals surface area contributed by atoms with Crippen molar-refractivity contribution in [2.75, 3.05) is 20.3 Å². The summed E-state index contributed by atoms with van der Waals surface area (Å²) < 4.78 is 5.14. The zero-order valence-corrected chi connectivity index (χ0v) is 29.5. The highest BCUT2D eigenvalue weighted by Crippen LogP contribution is 2.43. The van der Waals surface area contributed by atoms with E-state index in [0.29, 0.717) is 40.2 Å². The van der Waals surface area contributed by atoms with Gasteiger partial charge in [0.1, 0.15) is 0 Å². The molecule has 11 nitrogen and oxygen atoms in total. The van der Waals surface area contributed by atoms with E-state index in [-0.39, 0.29) is 50.2 Å². The molecule has 3 aromatic rings. The van der Waals surface area contributed by atoms with Crippen LogP contribution in [0.1, 0.15) is 109 Å². The van der Waals surface area contributed by atoms with Crippen molar-refractivity contribution in [3.63, 3.8) is 0 Å². The summed E-state index contributed by atoms with van der Waals surface area (Å²) in [6.45, 7) is 12.5. The average Bonchev–Trinajstić information content (AvgIpc) is 3.75. The Morgan fingerprint density at radius 2 is 1.55 bits per heavy atom. The Morgan fingerprint density at radius 1 is 0.918 bits per heavy atom. The number of carbonyl (C=O) groups is 3. The van der Waals surface area contributed by atoms with Gasteiger partial charge in [0, 0.05) is 64.7 Å². The normalized spacial score (nSPS) is 15.8. The van der Waals surface area contributed by atoms with E-state index in [1.54, 1.807) is 0 Å². The third-order valence-electron chi connectivity index (χ3n) is 10.0. The number of aliphatic hydroxyl groups excluding tert-OH is 1. The minimum Gasteiger partial charge on any atom is -0.481 e. The van der Waals surface area contributed by atoms with Gasteiger partial charge in [-0.3, -0.25) is 19.4 Å². The second kappa shape index (κ2) is 14.8. The number of allylic oxidation sites excluding steroid dienone is 1. The van der Waals surface area contributed by atoms with Crippen LogP contribution >= 0.6 is 0 Å². The maximum Gasteiger partial charge on any atom is 0.310 e. The quantitative estimate of drug-likeness (QED) is 0.123. The lowest BCUT2D eigenvalue weighted by molar-refractivity contribution is -0.140. The molecule has 2 aliphatic rings. The molecular weight excluding hydrogens is 622 g/mol. The van der Waals surface area contributed by atoms with Gasteiger partial charge in [-0.05, 0) is 92.5 Å². The summed E-state index contributed by atoms with van der Waals surface area (Å²) in [5, 5.41) is 22.0. The van der Waals surface area contributed by atoms with Gasteiger partial charge in [-0.2, -0.15) is 0 Å². The number of methoxy groups -OCH3 is 1. The number of ether oxygens (including phenoxy) is 1. The van der Waals surface area contributed by atoms with Gasteiger partial charge in [-0.25, -0.2) is 4.98 Å². The Hall–Kier alpha value is -4.77. The first-order valence-electron chi connectivity index (χ1n) is 17.1. The summed E-state index contributed by atoms with van der Waals surface area (Å²) in [5.41, 5.74) is 11.8. The van der Waals surface area contributed by atoms with E-state index in [9.17, 15) is 24.6 Å². The van der Waals surface area contributed by atoms with Crippen molar-refractivity contribution < 1.29 is 29.3 Å². The van der Waals surface area contributed by atoms with Crippen molar-refractivity contribution in [2.45, 2.75) is 91.9 Å². The lowest BCUT2D eigenvalue weighted by atomic mass is 9.84. The van der Waals surface area contributed by atoms with E-state index in [0.717, 1.165) is 57.3 Å². The number of fused-ring (bicyclic) bond motifs is 8. The number of carboxylic acids is 1. The van der Waals surface area contributed by atoms with Crippen molar-refractivity contribution in [1.29, 1.82) is 0 Å². The molecule has 0 saturated carbocycles. The number of aromatic amines is 2. The molecular formula is C38H47N5O6. The Labute approximate surface area is 286 Å². The summed E-state index contributed by atoms with van der Waals surface area (Å²) in [6.07, 6.45) is 1.94. The van der Waals surface area contributed by atoms with Crippen molar-refractivity contribution in [1.82, 2.24) is 25.3 Å². The van der Waals surface area contributed by atoms with Gasteiger partial charge in [0.15, 0.2) is 0 Å². The van der Waals surface area contributed by atoms with Crippen LogP contribution in [0.15, 0.2) is 18.2 Å². The van der Waals surface area contributed by atoms with Crippen molar-refractivity contribution >= 4 is 51.1 Å². The molecule has 0 radical (unpaired) electrons. The van der Waals surface area contributed by atoms with Gasteiger partial charge in [-0.15, -0.1) is 0 Å². The molecule has 8 bridgehead atoms. The Bertz CT molecular complexity index is 2000. The van der Waals surface area contributed by atoms with Gasteiger partial charge in [0.05, 0.1) is 36.2 Å². The topological polar surface area (TPSA) is 170 Å². The van der Waals surface area contributed by atoms with Crippen LogP contribution in [0.2, 0.25) is 0 Å². The van der Waals surface area contributed by atoms with E-state index >= 15 is 0 Å². The maximum atomic E-state index is 13.9. The molecule has 5 rings (SSSR count). The third kappa shape index (κ3) is 6.90. The number of aryl methyl sites for hydroxylation is 4.